The third-order valence-electron chi connectivity index (χ3n) is 2.42. The van der Waals surface area contributed by atoms with Crippen LogP contribution in [0.4, 0.5) is 0 Å². The normalized spacial score (nSPS) is 11.4. The van der Waals surface area contributed by atoms with Gasteiger partial charge >= 0.3 is 5.97 Å². The van der Waals surface area contributed by atoms with Gasteiger partial charge in [-0.25, -0.2) is 8.42 Å². The minimum absolute atomic E-state index is 0.0941. The number of likely N-dealkylation sites (N-methyl/N-ethyl adjacent to an activating group) is 1. The highest BCUT2D eigenvalue weighted by Gasteiger charge is 2.26. The molecular formula is C11H15NO6S. The Labute approximate surface area is 111 Å². The van der Waals surface area contributed by atoms with Gasteiger partial charge in [0.05, 0.1) is 14.2 Å². The van der Waals surface area contributed by atoms with Crippen LogP contribution < -0.4 is 9.47 Å². The SMILES string of the molecule is COc1ccc(S(=O)(=O)N(C)CC(=O)O)c(OC)c1. The van der Waals surface area contributed by atoms with Crippen molar-refractivity contribution < 1.29 is 27.8 Å². The maximum absolute atomic E-state index is 12.2. The lowest BCUT2D eigenvalue weighted by molar-refractivity contribution is -0.137. The van der Waals surface area contributed by atoms with Crippen LogP contribution in [0.2, 0.25) is 0 Å². The molecule has 106 valence electrons. The molecule has 1 aromatic carbocycles. The summed E-state index contributed by atoms with van der Waals surface area (Å²) in [6, 6.07) is 4.19. The van der Waals surface area contributed by atoms with Gasteiger partial charge in [-0.2, -0.15) is 4.31 Å². The number of carboxylic acid groups (broad SMARTS) is 1. The Hall–Kier alpha value is -1.80. The third kappa shape index (κ3) is 3.36. The van der Waals surface area contributed by atoms with Crippen molar-refractivity contribution in [3.05, 3.63) is 18.2 Å². The molecule has 0 bridgehead atoms. The number of carboxylic acids is 1. The number of nitrogens with zero attached hydrogens (tertiary/aromatic N) is 1. The highest BCUT2D eigenvalue weighted by atomic mass is 32.2. The molecule has 0 unspecified atom stereocenters. The van der Waals surface area contributed by atoms with Gasteiger partial charge in [0.2, 0.25) is 10.0 Å². The average molecular weight is 289 g/mol. The highest BCUT2D eigenvalue weighted by molar-refractivity contribution is 7.89. The van der Waals surface area contributed by atoms with Crippen molar-refractivity contribution in [2.45, 2.75) is 4.90 Å². The zero-order chi connectivity index (χ0) is 14.6. The van der Waals surface area contributed by atoms with Crippen molar-refractivity contribution >= 4 is 16.0 Å². The Balaban J connectivity index is 3.24. The zero-order valence-corrected chi connectivity index (χ0v) is 11.6. The van der Waals surface area contributed by atoms with Gasteiger partial charge in [-0.05, 0) is 12.1 Å². The average Bonchev–Trinajstić information content (AvgIpc) is 2.36. The summed E-state index contributed by atoms with van der Waals surface area (Å²) < 4.78 is 35.1. The molecule has 0 radical (unpaired) electrons. The summed E-state index contributed by atoms with van der Waals surface area (Å²) in [4.78, 5) is 10.5. The molecule has 0 fully saturated rings. The van der Waals surface area contributed by atoms with Gasteiger partial charge < -0.3 is 14.6 Å². The van der Waals surface area contributed by atoms with Crippen LogP contribution in [0.25, 0.3) is 0 Å². The van der Waals surface area contributed by atoms with Crippen molar-refractivity contribution in [2.24, 2.45) is 0 Å². The largest absolute Gasteiger partial charge is 0.497 e. The van der Waals surface area contributed by atoms with Gasteiger partial charge in [0.15, 0.2) is 0 Å². The lowest BCUT2D eigenvalue weighted by Crippen LogP contribution is -2.32. The first kappa shape index (κ1) is 15.3. The summed E-state index contributed by atoms with van der Waals surface area (Å²) in [6.45, 7) is -0.627. The summed E-state index contributed by atoms with van der Waals surface area (Å²) in [5.41, 5.74) is 0. The van der Waals surface area contributed by atoms with Crippen LogP contribution in [-0.4, -0.2) is 51.6 Å². The van der Waals surface area contributed by atoms with Gasteiger partial charge in [-0.15, -0.1) is 0 Å². The Morgan fingerprint density at radius 2 is 1.95 bits per heavy atom. The first-order chi connectivity index (χ1) is 8.82. The van der Waals surface area contributed by atoms with Crippen LogP contribution in [0.15, 0.2) is 23.1 Å². The van der Waals surface area contributed by atoms with E-state index in [9.17, 15) is 13.2 Å². The highest BCUT2D eigenvalue weighted by Crippen LogP contribution is 2.29. The lowest BCUT2D eigenvalue weighted by atomic mass is 10.3. The maximum atomic E-state index is 12.2. The molecule has 8 heteroatoms. The first-order valence-electron chi connectivity index (χ1n) is 5.23. The fraction of sp³-hybridized carbons (Fsp3) is 0.364. The van der Waals surface area contributed by atoms with Crippen molar-refractivity contribution in [1.29, 1.82) is 0 Å². The van der Waals surface area contributed by atoms with Crippen LogP contribution in [0.1, 0.15) is 0 Å². The van der Waals surface area contributed by atoms with E-state index in [1.54, 1.807) is 0 Å². The number of hydrogen-bond acceptors (Lipinski definition) is 5. The smallest absolute Gasteiger partial charge is 0.318 e. The molecule has 0 saturated carbocycles. The molecule has 0 amide bonds. The standard InChI is InChI=1S/C11H15NO6S/c1-12(7-11(13)14)19(15,16)10-5-4-8(17-2)6-9(10)18-3/h4-6H,7H2,1-3H3,(H,13,14). The maximum Gasteiger partial charge on any atom is 0.318 e. The van der Waals surface area contributed by atoms with Crippen molar-refractivity contribution in [3.63, 3.8) is 0 Å². The van der Waals surface area contributed by atoms with Crippen LogP contribution >= 0.6 is 0 Å². The van der Waals surface area contributed by atoms with E-state index in [2.05, 4.69) is 0 Å². The molecule has 0 aliphatic rings. The number of aliphatic carboxylic acids is 1. The van der Waals surface area contributed by atoms with E-state index in [1.165, 1.54) is 39.5 Å². The summed E-state index contributed by atoms with van der Waals surface area (Å²) >= 11 is 0. The van der Waals surface area contributed by atoms with E-state index in [0.29, 0.717) is 5.75 Å². The Morgan fingerprint density at radius 3 is 2.42 bits per heavy atom. The third-order valence-corrected chi connectivity index (χ3v) is 4.26. The van der Waals surface area contributed by atoms with Gasteiger partial charge in [-0.1, -0.05) is 0 Å². The molecule has 19 heavy (non-hydrogen) atoms. The van der Waals surface area contributed by atoms with Crippen molar-refractivity contribution in [2.75, 3.05) is 27.8 Å². The summed E-state index contributed by atoms with van der Waals surface area (Å²) in [7, 11) is 0.0261. The molecule has 0 aromatic heterocycles. The van der Waals surface area contributed by atoms with E-state index in [0.717, 1.165) is 4.31 Å². The number of hydrogen-bond donors (Lipinski definition) is 1. The minimum Gasteiger partial charge on any atom is -0.497 e. The van der Waals surface area contributed by atoms with E-state index in [1.807, 2.05) is 0 Å². The second-order valence-electron chi connectivity index (χ2n) is 3.67. The van der Waals surface area contributed by atoms with Crippen molar-refractivity contribution in [3.8, 4) is 11.5 Å². The predicted molar refractivity (Wildman–Crippen MR) is 67.0 cm³/mol. The summed E-state index contributed by atoms with van der Waals surface area (Å²) in [6.07, 6.45) is 0. The van der Waals surface area contributed by atoms with Gasteiger partial charge in [0.1, 0.15) is 22.9 Å². The van der Waals surface area contributed by atoms with Crippen LogP contribution in [-0.2, 0) is 14.8 Å². The monoisotopic (exact) mass is 289 g/mol. The number of sulfonamides is 1. The topological polar surface area (TPSA) is 93.1 Å². The van der Waals surface area contributed by atoms with E-state index >= 15 is 0 Å². The quantitative estimate of drug-likeness (QED) is 0.815. The molecule has 7 nitrogen and oxygen atoms in total. The van der Waals surface area contributed by atoms with Gasteiger partial charge in [-0.3, -0.25) is 4.79 Å². The Morgan fingerprint density at radius 1 is 1.32 bits per heavy atom. The second kappa shape index (κ2) is 5.89. The Kier molecular flexibility index (Phi) is 4.73. The molecule has 0 saturated heterocycles. The fourth-order valence-corrected chi connectivity index (χ4v) is 2.68. The molecule has 0 heterocycles. The number of rotatable bonds is 6. The molecular weight excluding hydrogens is 274 g/mol. The van der Waals surface area contributed by atoms with Crippen LogP contribution in [0.5, 0.6) is 11.5 Å². The van der Waals surface area contributed by atoms with Crippen LogP contribution in [0, 0.1) is 0 Å². The van der Waals surface area contributed by atoms with Crippen LogP contribution in [0.3, 0.4) is 0 Å². The summed E-state index contributed by atoms with van der Waals surface area (Å²) in [5, 5.41) is 8.65. The summed E-state index contributed by atoms with van der Waals surface area (Å²) in [5.74, 6) is -0.702. The number of carbonyl (C=O) groups is 1. The van der Waals surface area contributed by atoms with Crippen molar-refractivity contribution in [1.82, 2.24) is 4.31 Å². The molecule has 0 atom stereocenters. The van der Waals surface area contributed by atoms with Gasteiger partial charge in [0, 0.05) is 13.1 Å². The Bertz CT molecular complexity index is 569. The molecule has 0 spiro atoms. The number of methoxy groups -OCH3 is 2. The van der Waals surface area contributed by atoms with E-state index in [4.69, 9.17) is 14.6 Å². The lowest BCUT2D eigenvalue weighted by Gasteiger charge is -2.17. The molecule has 1 aromatic rings. The first-order valence-corrected chi connectivity index (χ1v) is 6.67. The van der Waals surface area contributed by atoms with E-state index < -0.39 is 22.5 Å². The minimum atomic E-state index is -3.93. The fourth-order valence-electron chi connectivity index (χ4n) is 1.43. The molecule has 1 rings (SSSR count). The molecule has 1 N–H and O–H groups in total. The number of benzene rings is 1. The predicted octanol–water partition coefficient (Wildman–Crippen LogP) is 0.409. The number of ether oxygens (including phenoxy) is 2. The zero-order valence-electron chi connectivity index (χ0n) is 10.8. The van der Waals surface area contributed by atoms with Gasteiger partial charge in [0.25, 0.3) is 0 Å². The molecule has 0 aliphatic carbocycles. The molecule has 0 aliphatic heterocycles. The second-order valence-corrected chi connectivity index (χ2v) is 5.68. The van der Waals surface area contributed by atoms with E-state index in [-0.39, 0.29) is 10.6 Å².